The Bertz CT molecular complexity index is 2340. The van der Waals surface area contributed by atoms with E-state index >= 15 is 4.79 Å². The molecule has 1 aliphatic rings. The van der Waals surface area contributed by atoms with Crippen molar-refractivity contribution in [2.75, 3.05) is 18.1 Å². The molecule has 0 unspecified atom stereocenters. The molecule has 11 heteroatoms. The first-order valence-electron chi connectivity index (χ1n) is 16.7. The minimum absolute atomic E-state index is 0.144. The monoisotopic (exact) mass is 711 g/mol. The first-order chi connectivity index (χ1) is 23.8. The van der Waals surface area contributed by atoms with Crippen molar-refractivity contribution in [3.8, 4) is 16.9 Å². The molecule has 50 heavy (non-hydrogen) atoms. The van der Waals surface area contributed by atoms with Gasteiger partial charge in [0.05, 0.1) is 34.0 Å². The van der Waals surface area contributed by atoms with Crippen LogP contribution in [0.25, 0.3) is 32.9 Å². The number of H-pyrrole nitrogens is 1. The number of aryl methyl sites for hydroxylation is 7. The number of amides is 1. The van der Waals surface area contributed by atoms with E-state index in [-0.39, 0.29) is 17.6 Å². The highest BCUT2D eigenvalue weighted by atomic mass is 35.5. The van der Waals surface area contributed by atoms with Crippen molar-refractivity contribution in [3.05, 3.63) is 97.5 Å². The second-order valence-electron chi connectivity index (χ2n) is 13.5. The first kappa shape index (κ1) is 33.8. The molecule has 7 rings (SSSR count). The summed E-state index contributed by atoms with van der Waals surface area (Å²) in [5.41, 5.74) is 10.3. The highest BCUT2D eigenvalue weighted by Crippen LogP contribution is 2.45. The molecule has 0 aliphatic carbocycles. The number of carboxylic acids is 1. The lowest BCUT2D eigenvalue weighted by molar-refractivity contribution is 0.0687. The van der Waals surface area contributed by atoms with E-state index in [0.29, 0.717) is 47.9 Å². The molecule has 0 saturated heterocycles. The van der Waals surface area contributed by atoms with Crippen molar-refractivity contribution >= 4 is 62.6 Å². The average Bonchev–Trinajstić information content (AvgIpc) is 3.70. The van der Waals surface area contributed by atoms with Gasteiger partial charge >= 0.3 is 5.97 Å². The second kappa shape index (κ2) is 12.5. The number of hydrogen-bond acceptors (Lipinski definition) is 4. The number of aromatic carboxylic acids is 1. The zero-order chi connectivity index (χ0) is 35.8. The van der Waals surface area contributed by atoms with Crippen molar-refractivity contribution in [3.63, 3.8) is 0 Å². The summed E-state index contributed by atoms with van der Waals surface area (Å²) >= 11 is 13.4. The zero-order valence-corrected chi connectivity index (χ0v) is 30.7. The third-order valence-corrected chi connectivity index (χ3v) is 10.9. The lowest BCUT2D eigenvalue weighted by Crippen LogP contribution is -2.43. The maximum absolute atomic E-state index is 15.0. The third kappa shape index (κ3) is 5.34. The van der Waals surface area contributed by atoms with Crippen LogP contribution < -0.4 is 9.64 Å². The van der Waals surface area contributed by atoms with Crippen molar-refractivity contribution in [1.29, 1.82) is 0 Å². The fraction of sp³-hybridized carbons (Fsp3) is 0.308. The molecule has 0 spiro atoms. The van der Waals surface area contributed by atoms with E-state index in [9.17, 15) is 9.90 Å². The number of aromatic amines is 1. The largest absolute Gasteiger partial charge is 0.494 e. The quantitative estimate of drug-likeness (QED) is 0.153. The standard InChI is InChI=1S/C39H39Cl2N5O4/c1-19-13-25-17-31(39(48)49)44(7)35(25)30(14-19)45-18-22(4)46-36-28(10-11-29(40)33(36)32-23(5)42-43-24(32)6)27(37(46)38(45)47)9-8-12-50-26-15-20(2)34(41)21(3)16-26/h10-11,13-17,22H,8-9,12,18H2,1-7H3,(H,42,43)(H,48,49)/t22-/m1/s1. The van der Waals surface area contributed by atoms with Crippen molar-refractivity contribution in [2.45, 2.75) is 60.4 Å². The van der Waals surface area contributed by atoms with Crippen LogP contribution in [0.4, 0.5) is 5.69 Å². The topological polar surface area (TPSA) is 105 Å². The number of fused-ring (bicyclic) bond motifs is 4. The van der Waals surface area contributed by atoms with Gasteiger partial charge in [-0.1, -0.05) is 29.3 Å². The van der Waals surface area contributed by atoms with Crippen LogP contribution in [-0.4, -0.2) is 49.5 Å². The molecule has 0 saturated carbocycles. The maximum Gasteiger partial charge on any atom is 0.352 e. The summed E-state index contributed by atoms with van der Waals surface area (Å²) in [7, 11) is 1.73. The number of carboxylic acid groups (broad SMARTS) is 1. The third-order valence-electron chi connectivity index (χ3n) is 9.95. The summed E-state index contributed by atoms with van der Waals surface area (Å²) in [5.74, 6) is -0.406. The Hall–Kier alpha value is -4.73. The summed E-state index contributed by atoms with van der Waals surface area (Å²) in [6.45, 7) is 12.8. The zero-order valence-electron chi connectivity index (χ0n) is 29.2. The Morgan fingerprint density at radius 3 is 2.40 bits per heavy atom. The van der Waals surface area contributed by atoms with Crippen molar-refractivity contribution < 1.29 is 19.4 Å². The van der Waals surface area contributed by atoms with Gasteiger partial charge in [0, 0.05) is 52.3 Å². The summed E-state index contributed by atoms with van der Waals surface area (Å²) < 4.78 is 10.0. The maximum atomic E-state index is 15.0. The van der Waals surface area contributed by atoms with E-state index in [4.69, 9.17) is 27.9 Å². The highest BCUT2D eigenvalue weighted by molar-refractivity contribution is 6.35. The van der Waals surface area contributed by atoms with E-state index in [0.717, 1.165) is 71.8 Å². The molecule has 3 aromatic heterocycles. The van der Waals surface area contributed by atoms with Crippen molar-refractivity contribution in [1.82, 2.24) is 19.3 Å². The fourth-order valence-corrected chi connectivity index (χ4v) is 8.12. The molecule has 3 aromatic carbocycles. The number of carbonyl (C=O) groups is 2. The molecular formula is C39H39Cl2N5O4. The number of halogens is 2. The predicted molar refractivity (Wildman–Crippen MR) is 200 cm³/mol. The number of carbonyl (C=O) groups excluding carboxylic acids is 1. The molecular weight excluding hydrogens is 673 g/mol. The Morgan fingerprint density at radius 2 is 1.74 bits per heavy atom. The molecule has 258 valence electrons. The van der Waals surface area contributed by atoms with Gasteiger partial charge in [-0.3, -0.25) is 9.89 Å². The minimum Gasteiger partial charge on any atom is -0.494 e. The number of nitrogens with zero attached hydrogens (tertiary/aromatic N) is 4. The SMILES string of the molecule is Cc1cc(N2C[C@@H](C)n3c(c(CCCOc4cc(C)c(Cl)c(C)c4)c4ccc(Cl)c(-c5c(C)n[nH]c5C)c43)C2=O)c2c(c1)cc(C(=O)O)n2C. The van der Waals surface area contributed by atoms with E-state index < -0.39 is 5.97 Å². The van der Waals surface area contributed by atoms with Gasteiger partial charge in [0.15, 0.2) is 0 Å². The van der Waals surface area contributed by atoms with Crippen LogP contribution in [0.1, 0.15) is 74.0 Å². The number of hydrogen-bond donors (Lipinski definition) is 2. The van der Waals surface area contributed by atoms with Gasteiger partial charge in [-0.05, 0) is 113 Å². The molecule has 9 nitrogen and oxygen atoms in total. The Balaban J connectivity index is 1.38. The van der Waals surface area contributed by atoms with Gasteiger partial charge in [-0.15, -0.1) is 0 Å². The van der Waals surface area contributed by atoms with E-state index in [2.05, 4.69) is 21.7 Å². The Morgan fingerprint density at radius 1 is 1.02 bits per heavy atom. The van der Waals surface area contributed by atoms with Crippen LogP contribution in [-0.2, 0) is 13.5 Å². The van der Waals surface area contributed by atoms with Gasteiger partial charge in [0.25, 0.3) is 5.91 Å². The highest BCUT2D eigenvalue weighted by Gasteiger charge is 2.37. The molecule has 0 fully saturated rings. The summed E-state index contributed by atoms with van der Waals surface area (Å²) in [4.78, 5) is 29.0. The predicted octanol–water partition coefficient (Wildman–Crippen LogP) is 9.30. The number of aromatic nitrogens is 4. The van der Waals surface area contributed by atoms with E-state index in [1.54, 1.807) is 17.7 Å². The molecule has 1 atom stereocenters. The van der Waals surface area contributed by atoms with Crippen LogP contribution in [0.5, 0.6) is 5.75 Å². The van der Waals surface area contributed by atoms with Crippen LogP contribution >= 0.6 is 23.2 Å². The van der Waals surface area contributed by atoms with Crippen LogP contribution in [0.3, 0.4) is 0 Å². The molecule has 1 aliphatic heterocycles. The first-order valence-corrected chi connectivity index (χ1v) is 17.5. The Kier molecular flexibility index (Phi) is 8.47. The van der Waals surface area contributed by atoms with E-state index in [1.807, 2.05) is 75.9 Å². The van der Waals surface area contributed by atoms with Gasteiger partial charge in [-0.25, -0.2) is 4.79 Å². The summed E-state index contributed by atoms with van der Waals surface area (Å²) in [6, 6.07) is 13.3. The molecule has 0 radical (unpaired) electrons. The number of nitrogens with one attached hydrogen (secondary N) is 1. The van der Waals surface area contributed by atoms with Crippen LogP contribution in [0.15, 0.2) is 42.5 Å². The van der Waals surface area contributed by atoms with E-state index in [1.165, 1.54) is 0 Å². The normalized spacial score (nSPS) is 14.6. The van der Waals surface area contributed by atoms with Crippen LogP contribution in [0, 0.1) is 34.6 Å². The smallest absolute Gasteiger partial charge is 0.352 e. The number of benzene rings is 3. The van der Waals surface area contributed by atoms with Gasteiger partial charge < -0.3 is 23.9 Å². The molecule has 1 amide bonds. The summed E-state index contributed by atoms with van der Waals surface area (Å²) in [6.07, 6.45) is 1.24. The van der Waals surface area contributed by atoms with Gasteiger partial charge in [0.1, 0.15) is 17.1 Å². The number of rotatable bonds is 8. The molecule has 4 heterocycles. The van der Waals surface area contributed by atoms with Crippen LogP contribution in [0.2, 0.25) is 10.0 Å². The average molecular weight is 713 g/mol. The molecule has 0 bridgehead atoms. The Labute approximate surface area is 300 Å². The van der Waals surface area contributed by atoms with Crippen molar-refractivity contribution in [2.24, 2.45) is 7.05 Å². The second-order valence-corrected chi connectivity index (χ2v) is 14.3. The molecule has 6 aromatic rings. The number of anilines is 1. The van der Waals surface area contributed by atoms with Gasteiger partial charge in [0.2, 0.25) is 0 Å². The fourth-order valence-electron chi connectivity index (χ4n) is 7.76. The van der Waals surface area contributed by atoms with Gasteiger partial charge in [-0.2, -0.15) is 5.10 Å². The lowest BCUT2D eigenvalue weighted by Gasteiger charge is -2.35. The molecule has 2 N–H and O–H groups in total. The lowest BCUT2D eigenvalue weighted by atomic mass is 9.98. The number of ether oxygens (including phenoxy) is 1. The summed E-state index contributed by atoms with van der Waals surface area (Å²) in [5, 5.41) is 20.6. The minimum atomic E-state index is -1.02.